The first-order chi connectivity index (χ1) is 17.3. The minimum absolute atomic E-state index is 0.0219. The van der Waals surface area contributed by atoms with Crippen LogP contribution in [0, 0.1) is 0 Å². The number of nitrogens with two attached hydrogens (primary N) is 1. The van der Waals surface area contributed by atoms with Crippen LogP contribution in [0.15, 0.2) is 47.4 Å². The minimum atomic E-state index is -4.23. The topological polar surface area (TPSA) is 164 Å². The number of nitrogens with zero attached hydrogens (tertiary/aromatic N) is 2. The molecule has 0 bridgehead atoms. The van der Waals surface area contributed by atoms with Crippen LogP contribution >= 0.6 is 19.3 Å². The van der Waals surface area contributed by atoms with Gasteiger partial charge in [0.05, 0.1) is 6.10 Å². The van der Waals surface area contributed by atoms with Crippen LogP contribution in [-0.2, 0) is 23.4 Å². The van der Waals surface area contributed by atoms with Crippen LogP contribution < -0.4 is 21.0 Å². The first-order valence-corrected chi connectivity index (χ1v) is 13.6. The Labute approximate surface area is 218 Å². The molecule has 7 atom stereocenters. The molecule has 1 saturated heterocycles. The highest BCUT2D eigenvalue weighted by Crippen LogP contribution is 2.63. The third-order valence-electron chi connectivity index (χ3n) is 6.10. The predicted octanol–water partition coefficient (Wildman–Crippen LogP) is 2.36. The largest absolute Gasteiger partial charge is 0.462 e. The molecule has 14 heteroatoms. The number of carbonyl (C=O) groups is 1. The quantitative estimate of drug-likeness (QED) is 0.236. The number of hydrogen-bond acceptors (Lipinski definition) is 10. The molecular weight excluding hydrogens is 527 g/mol. The molecule has 1 spiro atoms. The van der Waals surface area contributed by atoms with Crippen LogP contribution in [0.5, 0.6) is 5.75 Å². The Kier molecular flexibility index (Phi) is 7.46. The van der Waals surface area contributed by atoms with Gasteiger partial charge in [-0.25, -0.2) is 9.36 Å². The van der Waals surface area contributed by atoms with E-state index in [1.165, 1.54) is 26.1 Å². The minimum Gasteiger partial charge on any atom is -0.462 e. The van der Waals surface area contributed by atoms with Crippen LogP contribution in [0.25, 0.3) is 0 Å². The van der Waals surface area contributed by atoms with Crippen molar-refractivity contribution in [1.29, 1.82) is 0 Å². The molecule has 1 aromatic heterocycles. The fraction of sp³-hybridized carbons (Fsp3) is 0.522. The average molecular weight is 557 g/mol. The lowest BCUT2D eigenvalue weighted by Gasteiger charge is -2.26. The maximum Gasteiger partial charge on any atom is 0.459 e. The molecule has 2 aromatic rings. The Balaban J connectivity index is 1.58. The molecule has 2 heterocycles. The lowest BCUT2D eigenvalue weighted by atomic mass is 9.99. The molecule has 4 N–H and O–H groups in total. The third kappa shape index (κ3) is 5.55. The highest BCUT2D eigenvalue weighted by Gasteiger charge is 2.75. The van der Waals surface area contributed by atoms with E-state index < -0.39 is 54.4 Å². The smallest absolute Gasteiger partial charge is 0.459 e. The van der Waals surface area contributed by atoms with Crippen LogP contribution in [0.3, 0.4) is 0 Å². The van der Waals surface area contributed by atoms with Gasteiger partial charge in [-0.1, -0.05) is 18.2 Å². The number of aromatic nitrogens is 2. The van der Waals surface area contributed by atoms with Crippen molar-refractivity contribution in [2.45, 2.75) is 75.2 Å². The predicted molar refractivity (Wildman–Crippen MR) is 134 cm³/mol. The molecule has 202 valence electrons. The van der Waals surface area contributed by atoms with Crippen molar-refractivity contribution < 1.29 is 33.0 Å². The highest BCUT2D eigenvalue weighted by atomic mass is 35.5. The standard InChI is InChI=1S/C23H30ClN4O8P/c1-13(2)33-18(29)14(3)27-37(32,35-15-8-6-5-7-9-15)36-16-12-23(16)19(30)22(4,24)20(34-23)28-11-10-17(25)26-21(28)31/h5-11,13-14,16,19-20,30H,12H2,1-4H3,(H,27,32)(H2,25,26,31)/t14-,16-,19+,20-,22-,23?,37+/m1/s1. The molecule has 0 radical (unpaired) electrons. The number of hydrogen-bond donors (Lipinski definition) is 3. The molecular formula is C23H30ClN4O8P. The second kappa shape index (κ2) is 10.0. The van der Waals surface area contributed by atoms with Crippen LogP contribution in [0.2, 0.25) is 0 Å². The number of benzene rings is 1. The normalized spacial score (nSPS) is 31.2. The zero-order valence-corrected chi connectivity index (χ0v) is 22.4. The van der Waals surface area contributed by atoms with Crippen molar-refractivity contribution in [3.63, 3.8) is 0 Å². The van der Waals surface area contributed by atoms with Gasteiger partial charge in [-0.2, -0.15) is 10.1 Å². The maximum absolute atomic E-state index is 13.9. The van der Waals surface area contributed by atoms with Gasteiger partial charge in [-0.05, 0) is 45.9 Å². The zero-order valence-electron chi connectivity index (χ0n) is 20.7. The molecule has 37 heavy (non-hydrogen) atoms. The van der Waals surface area contributed by atoms with Gasteiger partial charge < -0.3 is 24.8 Å². The molecule has 1 aliphatic carbocycles. The number of aliphatic hydroxyl groups excluding tert-OH is 1. The van der Waals surface area contributed by atoms with Crippen molar-refractivity contribution >= 4 is 31.1 Å². The SMILES string of the molecule is CC(C)OC(=O)[C@@H](C)N[P@](=O)(Oc1ccccc1)O[C@@H]1CC12O[C@@H](n1ccc(N)nc1=O)[C@](C)(Cl)[C@@H]2O. The number of rotatable bonds is 9. The Bertz CT molecular complexity index is 1260. The summed E-state index contributed by atoms with van der Waals surface area (Å²) in [5.41, 5.74) is 3.48. The average Bonchev–Trinajstić information content (AvgIpc) is 3.44. The maximum atomic E-state index is 13.9. The first-order valence-electron chi connectivity index (χ1n) is 11.7. The summed E-state index contributed by atoms with van der Waals surface area (Å²) in [6.45, 7) is 6.36. The Morgan fingerprint density at radius 3 is 2.62 bits per heavy atom. The van der Waals surface area contributed by atoms with Crippen LogP contribution in [0.1, 0.15) is 40.3 Å². The van der Waals surface area contributed by atoms with Crippen LogP contribution in [0.4, 0.5) is 5.82 Å². The number of nitrogens with one attached hydrogen (secondary N) is 1. The number of aliphatic hydroxyl groups is 1. The summed E-state index contributed by atoms with van der Waals surface area (Å²) in [6.07, 6.45) is -2.31. The summed E-state index contributed by atoms with van der Waals surface area (Å²) in [6, 6.07) is 8.62. The lowest BCUT2D eigenvalue weighted by molar-refractivity contribution is -0.149. The van der Waals surface area contributed by atoms with E-state index >= 15 is 0 Å². The monoisotopic (exact) mass is 556 g/mol. The van der Waals surface area contributed by atoms with E-state index in [0.29, 0.717) is 0 Å². The molecule has 1 saturated carbocycles. The number of anilines is 1. The van der Waals surface area contributed by atoms with Gasteiger partial charge in [0.15, 0.2) is 6.23 Å². The Morgan fingerprint density at radius 1 is 1.32 bits per heavy atom. The number of alkyl halides is 1. The van der Waals surface area contributed by atoms with E-state index in [9.17, 15) is 19.3 Å². The Hall–Kier alpha value is -2.47. The van der Waals surface area contributed by atoms with E-state index in [2.05, 4.69) is 10.1 Å². The molecule has 1 unspecified atom stereocenters. The number of esters is 1. The van der Waals surface area contributed by atoms with E-state index in [1.807, 2.05) is 0 Å². The summed E-state index contributed by atoms with van der Waals surface area (Å²) in [5.74, 6) is -0.403. The number of halogens is 1. The van der Waals surface area contributed by atoms with Crippen molar-refractivity contribution in [3.05, 3.63) is 53.1 Å². The summed E-state index contributed by atoms with van der Waals surface area (Å²) in [4.78, 5) is 27.0. The van der Waals surface area contributed by atoms with E-state index in [1.54, 1.807) is 44.2 Å². The van der Waals surface area contributed by atoms with Crippen molar-refractivity contribution in [1.82, 2.24) is 14.6 Å². The molecule has 12 nitrogen and oxygen atoms in total. The fourth-order valence-electron chi connectivity index (χ4n) is 4.19. The summed E-state index contributed by atoms with van der Waals surface area (Å²) in [7, 11) is -4.23. The van der Waals surface area contributed by atoms with Gasteiger partial charge in [-0.15, -0.1) is 11.6 Å². The summed E-state index contributed by atoms with van der Waals surface area (Å²) in [5, 5.41) is 13.7. The van der Waals surface area contributed by atoms with Crippen molar-refractivity contribution in [2.24, 2.45) is 0 Å². The second-order valence-corrected chi connectivity index (χ2v) is 12.0. The fourth-order valence-corrected chi connectivity index (χ4v) is 6.25. The van der Waals surface area contributed by atoms with Gasteiger partial charge in [0.2, 0.25) is 0 Å². The number of carbonyl (C=O) groups excluding carboxylic acids is 1. The Morgan fingerprint density at radius 2 is 2.00 bits per heavy atom. The third-order valence-corrected chi connectivity index (χ3v) is 8.18. The van der Waals surface area contributed by atoms with E-state index in [-0.39, 0.29) is 24.1 Å². The second-order valence-electron chi connectivity index (χ2n) is 9.56. The molecule has 4 rings (SSSR count). The van der Waals surface area contributed by atoms with Gasteiger partial charge in [-0.3, -0.25) is 13.9 Å². The lowest BCUT2D eigenvalue weighted by Crippen LogP contribution is -2.43. The van der Waals surface area contributed by atoms with Crippen molar-refractivity contribution in [3.8, 4) is 5.75 Å². The van der Waals surface area contributed by atoms with Gasteiger partial charge >= 0.3 is 19.4 Å². The van der Waals surface area contributed by atoms with Crippen LogP contribution in [-0.4, -0.2) is 55.5 Å². The van der Waals surface area contributed by atoms with E-state index in [0.717, 1.165) is 4.57 Å². The van der Waals surface area contributed by atoms with Crippen molar-refractivity contribution in [2.75, 3.05) is 5.73 Å². The van der Waals surface area contributed by atoms with E-state index in [4.69, 9.17) is 35.9 Å². The summed E-state index contributed by atoms with van der Waals surface area (Å²) < 4.78 is 37.8. The highest BCUT2D eigenvalue weighted by molar-refractivity contribution is 7.52. The zero-order chi connectivity index (χ0) is 27.2. The van der Waals surface area contributed by atoms with Gasteiger partial charge in [0.25, 0.3) is 0 Å². The number of ether oxygens (including phenoxy) is 2. The molecule has 1 aromatic carbocycles. The first kappa shape index (κ1) is 27.6. The molecule has 0 amide bonds. The number of para-hydroxylation sites is 1. The molecule has 1 aliphatic heterocycles. The van der Waals surface area contributed by atoms with Gasteiger partial charge in [0.1, 0.15) is 40.3 Å². The van der Waals surface area contributed by atoms with Gasteiger partial charge in [0, 0.05) is 12.6 Å². The molecule has 2 fully saturated rings. The number of nitrogen functional groups attached to an aromatic ring is 1. The molecule has 2 aliphatic rings. The summed E-state index contributed by atoms with van der Waals surface area (Å²) >= 11 is 6.67.